The van der Waals surface area contributed by atoms with Crippen LogP contribution in [-0.4, -0.2) is 45.9 Å². The number of anilines is 1. The van der Waals surface area contributed by atoms with Gasteiger partial charge in [0.05, 0.1) is 23.7 Å². The molecule has 172 valence electrons. The number of esters is 1. The molecule has 0 radical (unpaired) electrons. The Kier molecular flexibility index (Phi) is 8.37. The topological polar surface area (TPSA) is 106 Å². The van der Waals surface area contributed by atoms with E-state index in [0.29, 0.717) is 16.5 Å². The van der Waals surface area contributed by atoms with Crippen LogP contribution >= 0.6 is 11.8 Å². The zero-order valence-corrected chi connectivity index (χ0v) is 19.7. The fourth-order valence-electron chi connectivity index (χ4n) is 2.79. The summed E-state index contributed by atoms with van der Waals surface area (Å²) in [5.74, 6) is -0.343. The number of hydrogen-bond acceptors (Lipinski definition) is 7. The van der Waals surface area contributed by atoms with Gasteiger partial charge in [0.2, 0.25) is 0 Å². The van der Waals surface area contributed by atoms with E-state index >= 15 is 0 Å². The Balaban J connectivity index is 1.35. The SMILES string of the molecule is CC(C)(C)c1ccc(NC(=O)NCCOC(=O)CSc2nccc(-c3ccccn3)n2)cc1. The Hall–Kier alpha value is -3.46. The van der Waals surface area contributed by atoms with Crippen molar-refractivity contribution < 1.29 is 14.3 Å². The lowest BCUT2D eigenvalue weighted by molar-refractivity contribution is -0.140. The lowest BCUT2D eigenvalue weighted by atomic mass is 9.87. The lowest BCUT2D eigenvalue weighted by Crippen LogP contribution is -2.32. The largest absolute Gasteiger partial charge is 0.463 e. The number of nitrogens with one attached hydrogen (secondary N) is 2. The standard InChI is InChI=1S/C24H27N5O3S/c1-24(2,3)17-7-9-18(10-8-17)28-22(31)26-14-15-32-21(30)16-33-23-27-13-11-20(29-23)19-6-4-5-12-25-19/h4-13H,14-16H2,1-3H3,(H2,26,28,31). The predicted octanol–water partition coefficient (Wildman–Crippen LogP) is 4.29. The summed E-state index contributed by atoms with van der Waals surface area (Å²) in [6, 6.07) is 14.7. The van der Waals surface area contributed by atoms with Gasteiger partial charge in [-0.05, 0) is 41.3 Å². The summed E-state index contributed by atoms with van der Waals surface area (Å²) in [6.07, 6.45) is 3.32. The molecule has 2 aromatic heterocycles. The van der Waals surface area contributed by atoms with Crippen molar-refractivity contribution in [3.8, 4) is 11.4 Å². The lowest BCUT2D eigenvalue weighted by Gasteiger charge is -2.19. The molecule has 0 unspecified atom stereocenters. The van der Waals surface area contributed by atoms with Crippen molar-refractivity contribution in [1.29, 1.82) is 0 Å². The molecule has 0 aliphatic heterocycles. The fraction of sp³-hybridized carbons (Fsp3) is 0.292. The average Bonchev–Trinajstić information content (AvgIpc) is 2.81. The van der Waals surface area contributed by atoms with Crippen molar-refractivity contribution in [2.24, 2.45) is 0 Å². The number of nitrogens with zero attached hydrogens (tertiary/aromatic N) is 3. The molecule has 0 saturated heterocycles. The fourth-order valence-corrected chi connectivity index (χ4v) is 3.42. The first-order chi connectivity index (χ1) is 15.8. The molecular weight excluding hydrogens is 438 g/mol. The quantitative estimate of drug-likeness (QED) is 0.221. The summed E-state index contributed by atoms with van der Waals surface area (Å²) in [7, 11) is 0. The van der Waals surface area contributed by atoms with Crippen LogP contribution in [0.15, 0.2) is 66.1 Å². The molecule has 0 aliphatic rings. The molecule has 0 fully saturated rings. The Morgan fingerprint density at radius 2 is 1.76 bits per heavy atom. The van der Waals surface area contributed by atoms with Crippen LogP contribution in [-0.2, 0) is 14.9 Å². The molecule has 2 N–H and O–H groups in total. The molecule has 0 bridgehead atoms. The molecule has 2 amide bonds. The second-order valence-electron chi connectivity index (χ2n) is 8.16. The van der Waals surface area contributed by atoms with E-state index < -0.39 is 5.97 Å². The maximum atomic E-state index is 12.0. The summed E-state index contributed by atoms with van der Waals surface area (Å²) in [6.45, 7) is 6.68. The van der Waals surface area contributed by atoms with Crippen LogP contribution in [0.3, 0.4) is 0 Å². The highest BCUT2D eigenvalue weighted by atomic mass is 32.2. The van der Waals surface area contributed by atoms with Gasteiger partial charge in [0.25, 0.3) is 0 Å². The number of urea groups is 1. The first kappa shape index (κ1) is 24.2. The van der Waals surface area contributed by atoms with Gasteiger partial charge in [0, 0.05) is 18.1 Å². The number of benzene rings is 1. The second kappa shape index (κ2) is 11.4. The van der Waals surface area contributed by atoms with E-state index in [1.165, 1.54) is 17.3 Å². The summed E-state index contributed by atoms with van der Waals surface area (Å²) in [5.41, 5.74) is 3.36. The average molecular weight is 466 g/mol. The van der Waals surface area contributed by atoms with Gasteiger partial charge in [-0.15, -0.1) is 0 Å². The van der Waals surface area contributed by atoms with Crippen molar-refractivity contribution in [3.63, 3.8) is 0 Å². The Morgan fingerprint density at radius 3 is 2.45 bits per heavy atom. The smallest absolute Gasteiger partial charge is 0.319 e. The number of hydrogen-bond donors (Lipinski definition) is 2. The monoisotopic (exact) mass is 465 g/mol. The van der Waals surface area contributed by atoms with E-state index in [9.17, 15) is 9.59 Å². The van der Waals surface area contributed by atoms with Gasteiger partial charge in [-0.25, -0.2) is 14.8 Å². The second-order valence-corrected chi connectivity index (χ2v) is 9.10. The van der Waals surface area contributed by atoms with Crippen molar-refractivity contribution in [1.82, 2.24) is 20.3 Å². The van der Waals surface area contributed by atoms with E-state index in [1.54, 1.807) is 18.5 Å². The molecule has 3 aromatic rings. The van der Waals surface area contributed by atoms with Gasteiger partial charge >= 0.3 is 12.0 Å². The van der Waals surface area contributed by atoms with Crippen molar-refractivity contribution in [2.45, 2.75) is 31.3 Å². The first-order valence-corrected chi connectivity index (χ1v) is 11.5. The number of amides is 2. The highest BCUT2D eigenvalue weighted by Gasteiger charge is 2.13. The minimum Gasteiger partial charge on any atom is -0.463 e. The van der Waals surface area contributed by atoms with Gasteiger partial charge in [-0.3, -0.25) is 9.78 Å². The zero-order valence-electron chi connectivity index (χ0n) is 18.9. The number of rotatable bonds is 8. The molecule has 2 heterocycles. The molecule has 0 atom stereocenters. The van der Waals surface area contributed by atoms with Crippen molar-refractivity contribution in [2.75, 3.05) is 24.2 Å². The summed E-state index contributed by atoms with van der Waals surface area (Å²) in [5, 5.41) is 5.89. The Bertz CT molecular complexity index is 1070. The summed E-state index contributed by atoms with van der Waals surface area (Å²) < 4.78 is 5.16. The number of carbonyl (C=O) groups excluding carboxylic acids is 2. The molecule has 0 aliphatic carbocycles. The zero-order chi connectivity index (χ0) is 23.7. The van der Waals surface area contributed by atoms with Crippen LogP contribution < -0.4 is 10.6 Å². The van der Waals surface area contributed by atoms with Crippen LogP contribution in [0.1, 0.15) is 26.3 Å². The molecule has 1 aromatic carbocycles. The van der Waals surface area contributed by atoms with E-state index in [1.807, 2.05) is 42.5 Å². The van der Waals surface area contributed by atoms with Gasteiger partial charge < -0.3 is 15.4 Å². The molecular formula is C24H27N5O3S. The third-order valence-electron chi connectivity index (χ3n) is 4.54. The van der Waals surface area contributed by atoms with Gasteiger partial charge in [-0.1, -0.05) is 50.7 Å². The number of pyridine rings is 1. The van der Waals surface area contributed by atoms with Gasteiger partial charge in [0.15, 0.2) is 5.16 Å². The van der Waals surface area contributed by atoms with Crippen LogP contribution in [0.4, 0.5) is 10.5 Å². The van der Waals surface area contributed by atoms with Crippen LogP contribution in [0.25, 0.3) is 11.4 Å². The summed E-state index contributed by atoms with van der Waals surface area (Å²) >= 11 is 1.18. The normalized spacial score (nSPS) is 11.0. The van der Waals surface area contributed by atoms with Crippen LogP contribution in [0, 0.1) is 0 Å². The third-order valence-corrected chi connectivity index (χ3v) is 5.37. The highest BCUT2D eigenvalue weighted by molar-refractivity contribution is 7.99. The Labute approximate surface area is 197 Å². The van der Waals surface area contributed by atoms with E-state index in [0.717, 1.165) is 5.69 Å². The maximum Gasteiger partial charge on any atom is 0.319 e. The Morgan fingerprint density at radius 1 is 0.970 bits per heavy atom. The van der Waals surface area contributed by atoms with Gasteiger partial charge in [0.1, 0.15) is 6.61 Å². The number of carbonyl (C=O) groups is 2. The first-order valence-electron chi connectivity index (χ1n) is 10.5. The van der Waals surface area contributed by atoms with Crippen molar-refractivity contribution in [3.05, 3.63) is 66.5 Å². The third kappa shape index (κ3) is 7.87. The maximum absolute atomic E-state index is 12.0. The molecule has 9 heteroatoms. The molecule has 33 heavy (non-hydrogen) atoms. The number of ether oxygens (including phenoxy) is 1. The molecule has 8 nitrogen and oxygen atoms in total. The van der Waals surface area contributed by atoms with Crippen LogP contribution in [0.2, 0.25) is 0 Å². The number of thioether (sulfide) groups is 1. The van der Waals surface area contributed by atoms with Crippen LogP contribution in [0.5, 0.6) is 0 Å². The van der Waals surface area contributed by atoms with Gasteiger partial charge in [-0.2, -0.15) is 0 Å². The predicted molar refractivity (Wildman–Crippen MR) is 129 cm³/mol. The number of aromatic nitrogens is 3. The van der Waals surface area contributed by atoms with E-state index in [4.69, 9.17) is 4.74 Å². The van der Waals surface area contributed by atoms with E-state index in [-0.39, 0.29) is 30.4 Å². The van der Waals surface area contributed by atoms with Crippen molar-refractivity contribution >= 4 is 29.4 Å². The minimum atomic E-state index is -0.410. The summed E-state index contributed by atoms with van der Waals surface area (Å²) in [4.78, 5) is 36.8. The highest BCUT2D eigenvalue weighted by Crippen LogP contribution is 2.23. The molecule has 0 saturated carbocycles. The molecule has 0 spiro atoms. The van der Waals surface area contributed by atoms with E-state index in [2.05, 4.69) is 46.4 Å². The minimum absolute atomic E-state index is 0.0526. The molecule has 3 rings (SSSR count).